The van der Waals surface area contributed by atoms with Crippen LogP contribution in [0.2, 0.25) is 0 Å². The molecule has 2 aromatic carbocycles. The van der Waals surface area contributed by atoms with E-state index in [0.717, 1.165) is 0 Å². The summed E-state index contributed by atoms with van der Waals surface area (Å²) in [7, 11) is 0. The Kier molecular flexibility index (Phi) is 5.74. The standard InChI is InChI=1S/C16H14Br2N2O2/c1-10(19-15(21)11-6-2-4-8-13(11)17)20-16(22)12-7-3-5-9-14(12)18/h2-10H,1H3,(H,19,21)(H,20,22). The fourth-order valence-electron chi connectivity index (χ4n) is 1.88. The van der Waals surface area contributed by atoms with Crippen molar-refractivity contribution in [3.05, 3.63) is 68.6 Å². The smallest absolute Gasteiger partial charge is 0.254 e. The molecule has 0 fully saturated rings. The van der Waals surface area contributed by atoms with Gasteiger partial charge in [-0.1, -0.05) is 24.3 Å². The summed E-state index contributed by atoms with van der Waals surface area (Å²) in [5.41, 5.74) is 1.04. The van der Waals surface area contributed by atoms with Crippen LogP contribution in [0.25, 0.3) is 0 Å². The van der Waals surface area contributed by atoms with Gasteiger partial charge in [0.1, 0.15) is 0 Å². The first-order valence-corrected chi connectivity index (χ1v) is 8.18. The molecule has 0 saturated carbocycles. The zero-order valence-corrected chi connectivity index (χ0v) is 14.9. The topological polar surface area (TPSA) is 58.2 Å². The van der Waals surface area contributed by atoms with Gasteiger partial charge in [0, 0.05) is 8.95 Å². The molecule has 0 bridgehead atoms. The Morgan fingerprint density at radius 1 is 0.818 bits per heavy atom. The predicted octanol–water partition coefficient (Wildman–Crippen LogP) is 3.72. The minimum absolute atomic E-state index is 0.257. The van der Waals surface area contributed by atoms with Crippen LogP contribution in [0.4, 0.5) is 0 Å². The highest BCUT2D eigenvalue weighted by Crippen LogP contribution is 2.16. The van der Waals surface area contributed by atoms with E-state index >= 15 is 0 Å². The summed E-state index contributed by atoms with van der Waals surface area (Å²) in [4.78, 5) is 24.3. The third-order valence-corrected chi connectivity index (χ3v) is 4.32. The van der Waals surface area contributed by atoms with Crippen molar-refractivity contribution in [1.82, 2.24) is 10.6 Å². The van der Waals surface area contributed by atoms with Crippen molar-refractivity contribution < 1.29 is 9.59 Å². The lowest BCUT2D eigenvalue weighted by atomic mass is 10.2. The molecule has 4 nitrogen and oxygen atoms in total. The van der Waals surface area contributed by atoms with E-state index in [0.29, 0.717) is 20.1 Å². The third kappa shape index (κ3) is 4.18. The Labute approximate surface area is 145 Å². The van der Waals surface area contributed by atoms with E-state index in [2.05, 4.69) is 42.5 Å². The number of carbonyl (C=O) groups is 2. The van der Waals surface area contributed by atoms with Gasteiger partial charge in [-0.05, 0) is 63.0 Å². The molecule has 0 unspecified atom stereocenters. The van der Waals surface area contributed by atoms with Crippen molar-refractivity contribution in [2.75, 3.05) is 0 Å². The highest BCUT2D eigenvalue weighted by Gasteiger charge is 2.15. The highest BCUT2D eigenvalue weighted by atomic mass is 79.9. The molecule has 0 aliphatic rings. The van der Waals surface area contributed by atoms with Crippen molar-refractivity contribution in [3.8, 4) is 0 Å². The minimum atomic E-state index is -0.501. The van der Waals surface area contributed by atoms with E-state index in [9.17, 15) is 9.59 Å². The Morgan fingerprint density at radius 2 is 1.18 bits per heavy atom. The Morgan fingerprint density at radius 3 is 1.55 bits per heavy atom. The molecule has 2 N–H and O–H groups in total. The molecule has 2 aromatic rings. The van der Waals surface area contributed by atoms with Crippen LogP contribution in [0, 0.1) is 0 Å². The molecule has 0 aliphatic carbocycles. The maximum atomic E-state index is 12.2. The molecule has 0 spiro atoms. The van der Waals surface area contributed by atoms with E-state index in [1.165, 1.54) is 0 Å². The van der Waals surface area contributed by atoms with Crippen LogP contribution in [-0.4, -0.2) is 18.0 Å². The largest absolute Gasteiger partial charge is 0.332 e. The number of rotatable bonds is 4. The number of nitrogens with one attached hydrogen (secondary N) is 2. The molecule has 0 atom stereocenters. The van der Waals surface area contributed by atoms with Crippen LogP contribution in [-0.2, 0) is 0 Å². The van der Waals surface area contributed by atoms with E-state index in [4.69, 9.17) is 0 Å². The van der Waals surface area contributed by atoms with Crippen LogP contribution < -0.4 is 10.6 Å². The van der Waals surface area contributed by atoms with Crippen LogP contribution >= 0.6 is 31.9 Å². The summed E-state index contributed by atoms with van der Waals surface area (Å²) in [6.45, 7) is 1.71. The van der Waals surface area contributed by atoms with E-state index in [1.54, 1.807) is 43.3 Å². The molecular weight excluding hydrogens is 412 g/mol. The van der Waals surface area contributed by atoms with Gasteiger partial charge in [-0.25, -0.2) is 0 Å². The quantitative estimate of drug-likeness (QED) is 0.733. The van der Waals surface area contributed by atoms with Gasteiger partial charge in [0.05, 0.1) is 17.3 Å². The van der Waals surface area contributed by atoms with Crippen molar-refractivity contribution in [3.63, 3.8) is 0 Å². The fraction of sp³-hybridized carbons (Fsp3) is 0.125. The Balaban J connectivity index is 2.00. The van der Waals surface area contributed by atoms with Crippen LogP contribution in [0.15, 0.2) is 57.5 Å². The van der Waals surface area contributed by atoms with E-state index in [-0.39, 0.29) is 11.8 Å². The molecule has 0 saturated heterocycles. The molecule has 0 heterocycles. The average Bonchev–Trinajstić information content (AvgIpc) is 2.47. The fourth-order valence-corrected chi connectivity index (χ4v) is 2.81. The first kappa shape index (κ1) is 16.7. The Bertz CT molecular complexity index is 645. The number of carbonyl (C=O) groups excluding carboxylic acids is 2. The molecule has 0 aliphatic heterocycles. The lowest BCUT2D eigenvalue weighted by Crippen LogP contribution is -2.46. The van der Waals surface area contributed by atoms with Gasteiger partial charge < -0.3 is 10.6 Å². The van der Waals surface area contributed by atoms with Crippen molar-refractivity contribution >= 4 is 43.7 Å². The summed E-state index contributed by atoms with van der Waals surface area (Å²) in [5, 5.41) is 5.48. The number of benzene rings is 2. The summed E-state index contributed by atoms with van der Waals surface area (Å²) < 4.78 is 1.41. The van der Waals surface area contributed by atoms with Crippen LogP contribution in [0.1, 0.15) is 27.6 Å². The molecule has 2 rings (SSSR count). The molecule has 6 heteroatoms. The van der Waals surface area contributed by atoms with E-state index in [1.807, 2.05) is 12.1 Å². The van der Waals surface area contributed by atoms with Crippen LogP contribution in [0.3, 0.4) is 0 Å². The van der Waals surface area contributed by atoms with Gasteiger partial charge in [0.2, 0.25) is 0 Å². The number of amides is 2. The van der Waals surface area contributed by atoms with Crippen molar-refractivity contribution in [1.29, 1.82) is 0 Å². The molecule has 22 heavy (non-hydrogen) atoms. The normalized spacial score (nSPS) is 10.4. The molecule has 114 valence electrons. The summed E-state index contributed by atoms with van der Waals surface area (Å²) >= 11 is 6.66. The molecule has 0 aromatic heterocycles. The zero-order chi connectivity index (χ0) is 16.1. The van der Waals surface area contributed by atoms with Gasteiger partial charge in [-0.15, -0.1) is 0 Å². The van der Waals surface area contributed by atoms with Crippen LogP contribution in [0.5, 0.6) is 0 Å². The third-order valence-electron chi connectivity index (χ3n) is 2.93. The van der Waals surface area contributed by atoms with Gasteiger partial charge in [0.25, 0.3) is 11.8 Å². The van der Waals surface area contributed by atoms with Gasteiger partial charge in [-0.2, -0.15) is 0 Å². The minimum Gasteiger partial charge on any atom is -0.332 e. The monoisotopic (exact) mass is 424 g/mol. The highest BCUT2D eigenvalue weighted by molar-refractivity contribution is 9.10. The second kappa shape index (κ2) is 7.56. The number of halogens is 2. The predicted molar refractivity (Wildman–Crippen MR) is 92.7 cm³/mol. The maximum absolute atomic E-state index is 12.2. The maximum Gasteiger partial charge on any atom is 0.254 e. The molecular formula is C16H14Br2N2O2. The van der Waals surface area contributed by atoms with Gasteiger partial charge in [-0.3, -0.25) is 9.59 Å². The van der Waals surface area contributed by atoms with Gasteiger partial charge in [0.15, 0.2) is 0 Å². The van der Waals surface area contributed by atoms with Crippen molar-refractivity contribution in [2.24, 2.45) is 0 Å². The molecule has 2 amide bonds. The van der Waals surface area contributed by atoms with E-state index < -0.39 is 6.17 Å². The Hall–Kier alpha value is -1.66. The zero-order valence-electron chi connectivity index (χ0n) is 11.8. The SMILES string of the molecule is CC(NC(=O)c1ccccc1Br)NC(=O)c1ccccc1Br. The second-order valence-corrected chi connectivity index (χ2v) is 6.34. The number of hydrogen-bond donors (Lipinski definition) is 2. The van der Waals surface area contributed by atoms with Gasteiger partial charge >= 0.3 is 0 Å². The number of hydrogen-bond acceptors (Lipinski definition) is 2. The molecule has 0 radical (unpaired) electrons. The summed E-state index contributed by atoms with van der Waals surface area (Å²) in [5.74, 6) is -0.514. The summed E-state index contributed by atoms with van der Waals surface area (Å²) in [6.07, 6.45) is -0.501. The second-order valence-electron chi connectivity index (χ2n) is 4.63. The first-order valence-electron chi connectivity index (χ1n) is 6.60. The lowest BCUT2D eigenvalue weighted by molar-refractivity contribution is 0.0890. The lowest BCUT2D eigenvalue weighted by Gasteiger charge is -2.16. The van der Waals surface area contributed by atoms with Crippen molar-refractivity contribution in [2.45, 2.75) is 13.1 Å². The first-order chi connectivity index (χ1) is 10.5. The average molecular weight is 426 g/mol. The summed E-state index contributed by atoms with van der Waals surface area (Å²) in [6, 6.07) is 14.2.